The van der Waals surface area contributed by atoms with E-state index >= 15 is 0 Å². The monoisotopic (exact) mass is 337 g/mol. The summed E-state index contributed by atoms with van der Waals surface area (Å²) in [5.74, 6) is 0.735. The highest BCUT2D eigenvalue weighted by Crippen LogP contribution is 2.12. The molecule has 0 aliphatic heterocycles. The summed E-state index contributed by atoms with van der Waals surface area (Å²) in [5, 5.41) is 10.9. The first kappa shape index (κ1) is 16.6. The average molecular weight is 337 g/mol. The molecule has 0 unspecified atom stereocenters. The molecule has 7 nitrogen and oxygen atoms in total. The van der Waals surface area contributed by atoms with E-state index in [0.29, 0.717) is 25.3 Å². The maximum absolute atomic E-state index is 12.1. The molecule has 0 saturated carbocycles. The molecule has 0 aliphatic carbocycles. The number of nitrogens with zero attached hydrogens (tertiary/aromatic N) is 4. The van der Waals surface area contributed by atoms with Crippen molar-refractivity contribution in [3.05, 3.63) is 66.2 Å². The lowest BCUT2D eigenvalue weighted by molar-refractivity contribution is -0.120. The molecule has 0 spiro atoms. The Morgan fingerprint density at radius 1 is 1.24 bits per heavy atom. The third-order valence-electron chi connectivity index (χ3n) is 3.52. The van der Waals surface area contributed by atoms with Gasteiger partial charge in [0.05, 0.1) is 37.7 Å². The van der Waals surface area contributed by atoms with E-state index in [1.54, 1.807) is 23.3 Å². The number of aromatic nitrogens is 4. The van der Waals surface area contributed by atoms with Crippen LogP contribution in [0.5, 0.6) is 5.75 Å². The lowest BCUT2D eigenvalue weighted by Crippen LogP contribution is -2.24. The largest absolute Gasteiger partial charge is 0.494 e. The first-order valence-corrected chi connectivity index (χ1v) is 8.04. The van der Waals surface area contributed by atoms with Crippen molar-refractivity contribution in [2.24, 2.45) is 0 Å². The van der Waals surface area contributed by atoms with E-state index in [1.165, 1.54) is 0 Å². The van der Waals surface area contributed by atoms with Crippen LogP contribution in [0, 0.1) is 0 Å². The summed E-state index contributed by atoms with van der Waals surface area (Å²) in [6.45, 7) is 2.89. The number of amides is 1. The van der Waals surface area contributed by atoms with Gasteiger partial charge in [-0.2, -0.15) is 0 Å². The van der Waals surface area contributed by atoms with Crippen molar-refractivity contribution >= 4 is 5.91 Å². The molecule has 3 rings (SSSR count). The summed E-state index contributed by atoms with van der Waals surface area (Å²) < 4.78 is 7.01. The van der Waals surface area contributed by atoms with Crippen LogP contribution in [0.3, 0.4) is 0 Å². The zero-order chi connectivity index (χ0) is 17.5. The third-order valence-corrected chi connectivity index (χ3v) is 3.52. The number of rotatable bonds is 7. The molecule has 0 bridgehead atoms. The highest BCUT2D eigenvalue weighted by Gasteiger charge is 2.07. The third kappa shape index (κ3) is 4.63. The van der Waals surface area contributed by atoms with E-state index in [4.69, 9.17) is 4.74 Å². The predicted octanol–water partition coefficient (Wildman–Crippen LogP) is 1.92. The van der Waals surface area contributed by atoms with Gasteiger partial charge in [0.1, 0.15) is 11.4 Å². The SMILES string of the molecule is CCOc1ccc(CC(=O)NCc2cn(-c3cccnc3)nn2)cc1. The molecule has 2 heterocycles. The Bertz CT molecular complexity index is 815. The maximum Gasteiger partial charge on any atom is 0.224 e. The van der Waals surface area contributed by atoms with Crippen molar-refractivity contribution in [2.45, 2.75) is 19.9 Å². The summed E-state index contributed by atoms with van der Waals surface area (Å²) in [6, 6.07) is 11.2. The Morgan fingerprint density at radius 2 is 2.08 bits per heavy atom. The second kappa shape index (κ2) is 8.05. The Morgan fingerprint density at radius 3 is 2.80 bits per heavy atom. The van der Waals surface area contributed by atoms with Crippen LogP contribution < -0.4 is 10.1 Å². The molecular weight excluding hydrogens is 318 g/mol. The first-order chi connectivity index (χ1) is 12.2. The molecule has 1 amide bonds. The van der Waals surface area contributed by atoms with Gasteiger partial charge >= 0.3 is 0 Å². The number of hydrogen-bond donors (Lipinski definition) is 1. The van der Waals surface area contributed by atoms with Crippen LogP contribution in [0.4, 0.5) is 0 Å². The van der Waals surface area contributed by atoms with Crippen molar-refractivity contribution in [3.63, 3.8) is 0 Å². The zero-order valence-corrected chi connectivity index (χ0v) is 13.9. The molecule has 25 heavy (non-hydrogen) atoms. The molecule has 1 N–H and O–H groups in total. The van der Waals surface area contributed by atoms with E-state index in [9.17, 15) is 4.79 Å². The van der Waals surface area contributed by atoms with E-state index < -0.39 is 0 Å². The smallest absolute Gasteiger partial charge is 0.224 e. The van der Waals surface area contributed by atoms with Crippen molar-refractivity contribution in [1.29, 1.82) is 0 Å². The molecule has 0 aliphatic rings. The zero-order valence-electron chi connectivity index (χ0n) is 13.9. The van der Waals surface area contributed by atoms with Crippen molar-refractivity contribution < 1.29 is 9.53 Å². The number of hydrogen-bond acceptors (Lipinski definition) is 5. The first-order valence-electron chi connectivity index (χ1n) is 8.04. The molecule has 0 atom stereocenters. The van der Waals surface area contributed by atoms with Crippen molar-refractivity contribution in [3.8, 4) is 11.4 Å². The predicted molar refractivity (Wildman–Crippen MR) is 92.3 cm³/mol. The number of ether oxygens (including phenoxy) is 1. The van der Waals surface area contributed by atoms with Gasteiger partial charge in [0.2, 0.25) is 5.91 Å². The highest BCUT2D eigenvalue weighted by molar-refractivity contribution is 5.78. The Kier molecular flexibility index (Phi) is 5.36. The number of nitrogens with one attached hydrogen (secondary N) is 1. The number of carbonyl (C=O) groups excluding carboxylic acids is 1. The summed E-state index contributed by atoms with van der Waals surface area (Å²) in [5.41, 5.74) is 2.44. The van der Waals surface area contributed by atoms with Gasteiger partial charge in [-0.3, -0.25) is 9.78 Å². The van der Waals surface area contributed by atoms with E-state index in [2.05, 4.69) is 20.6 Å². The molecule has 1 aromatic carbocycles. The molecule has 0 saturated heterocycles. The Labute approximate surface area is 145 Å². The fraction of sp³-hybridized carbons (Fsp3) is 0.222. The fourth-order valence-electron chi connectivity index (χ4n) is 2.30. The van der Waals surface area contributed by atoms with E-state index in [0.717, 1.165) is 17.0 Å². The fourth-order valence-corrected chi connectivity index (χ4v) is 2.30. The van der Waals surface area contributed by atoms with Gasteiger partial charge in [0.15, 0.2) is 0 Å². The van der Waals surface area contributed by atoms with Crippen LogP contribution in [0.1, 0.15) is 18.2 Å². The van der Waals surface area contributed by atoms with Gasteiger partial charge < -0.3 is 10.1 Å². The minimum absolute atomic E-state index is 0.0694. The lowest BCUT2D eigenvalue weighted by atomic mass is 10.1. The van der Waals surface area contributed by atoms with Crippen molar-refractivity contribution in [1.82, 2.24) is 25.3 Å². The van der Waals surface area contributed by atoms with E-state index in [-0.39, 0.29) is 5.91 Å². The van der Waals surface area contributed by atoms with Crippen LogP contribution in [0.2, 0.25) is 0 Å². The molecule has 0 fully saturated rings. The quantitative estimate of drug-likeness (QED) is 0.712. The summed E-state index contributed by atoms with van der Waals surface area (Å²) in [7, 11) is 0. The molecule has 0 radical (unpaired) electrons. The van der Waals surface area contributed by atoms with Crippen LogP contribution in [0.15, 0.2) is 55.0 Å². The maximum atomic E-state index is 12.1. The van der Waals surface area contributed by atoms with Gasteiger partial charge in [-0.25, -0.2) is 4.68 Å². The molecule has 128 valence electrons. The second-order valence-corrected chi connectivity index (χ2v) is 5.40. The normalized spacial score (nSPS) is 10.4. The Hall–Kier alpha value is -3.22. The Balaban J connectivity index is 1.51. The van der Waals surface area contributed by atoms with Gasteiger partial charge in [-0.1, -0.05) is 17.3 Å². The highest BCUT2D eigenvalue weighted by atomic mass is 16.5. The minimum atomic E-state index is -0.0694. The molecule has 7 heteroatoms. The van der Waals surface area contributed by atoms with Gasteiger partial charge in [0, 0.05) is 6.20 Å². The summed E-state index contributed by atoms with van der Waals surface area (Å²) in [4.78, 5) is 16.1. The number of benzene rings is 1. The second-order valence-electron chi connectivity index (χ2n) is 5.40. The summed E-state index contributed by atoms with van der Waals surface area (Å²) >= 11 is 0. The van der Waals surface area contributed by atoms with E-state index in [1.807, 2.05) is 43.3 Å². The molecular formula is C18H19N5O2. The standard InChI is InChI=1S/C18H19N5O2/c1-2-25-17-7-5-14(6-8-17)10-18(24)20-11-15-13-23(22-21-15)16-4-3-9-19-12-16/h3-9,12-13H,2,10-11H2,1H3,(H,20,24). The van der Waals surface area contributed by atoms with Crippen LogP contribution in [-0.4, -0.2) is 32.5 Å². The van der Waals surface area contributed by atoms with Gasteiger partial charge in [0.25, 0.3) is 0 Å². The number of pyridine rings is 1. The number of carbonyl (C=O) groups is 1. The van der Waals surface area contributed by atoms with Crippen LogP contribution in [0.25, 0.3) is 5.69 Å². The molecule has 3 aromatic rings. The van der Waals surface area contributed by atoms with Gasteiger partial charge in [-0.15, -0.1) is 5.10 Å². The van der Waals surface area contributed by atoms with Crippen LogP contribution in [-0.2, 0) is 17.8 Å². The average Bonchev–Trinajstić information content (AvgIpc) is 3.12. The summed E-state index contributed by atoms with van der Waals surface area (Å²) in [6.07, 6.45) is 5.47. The van der Waals surface area contributed by atoms with Crippen LogP contribution >= 0.6 is 0 Å². The topological polar surface area (TPSA) is 81.9 Å². The minimum Gasteiger partial charge on any atom is -0.494 e. The van der Waals surface area contributed by atoms with Gasteiger partial charge in [-0.05, 0) is 36.8 Å². The van der Waals surface area contributed by atoms with Crippen molar-refractivity contribution in [2.75, 3.05) is 6.61 Å². The molecule has 2 aromatic heterocycles. The lowest BCUT2D eigenvalue weighted by Gasteiger charge is -2.05.